The van der Waals surface area contributed by atoms with Crippen LogP contribution in [0.5, 0.6) is 0 Å². The van der Waals surface area contributed by atoms with E-state index in [4.69, 9.17) is 9.47 Å². The van der Waals surface area contributed by atoms with Crippen LogP contribution in [0.2, 0.25) is 0 Å². The number of ether oxygens (including phenoxy) is 2. The Kier molecular flexibility index (Phi) is 7.53. The van der Waals surface area contributed by atoms with Gasteiger partial charge in [0.1, 0.15) is 0 Å². The van der Waals surface area contributed by atoms with Gasteiger partial charge in [-0.05, 0) is 39.0 Å². The van der Waals surface area contributed by atoms with Gasteiger partial charge in [0.25, 0.3) is 5.91 Å². The Morgan fingerprint density at radius 1 is 1.04 bits per heavy atom. The number of esters is 2. The van der Waals surface area contributed by atoms with E-state index in [-0.39, 0.29) is 13.2 Å². The van der Waals surface area contributed by atoms with E-state index < -0.39 is 23.9 Å². The molecule has 0 N–H and O–H groups in total. The third-order valence-electron chi connectivity index (χ3n) is 2.86. The Balaban J connectivity index is 3.33. The van der Waals surface area contributed by atoms with Gasteiger partial charge in [-0.1, -0.05) is 24.3 Å². The Bertz CT molecular complexity index is 550. The second kappa shape index (κ2) is 9.40. The van der Waals surface area contributed by atoms with Crippen molar-refractivity contribution < 1.29 is 23.9 Å². The van der Waals surface area contributed by atoms with Gasteiger partial charge in [0.05, 0.1) is 13.2 Å². The molecule has 1 aromatic rings. The molecule has 6 nitrogen and oxygen atoms in total. The number of carbonyl (C=O) groups is 3. The van der Waals surface area contributed by atoms with Crippen LogP contribution in [0.25, 0.3) is 0 Å². The number of rotatable bonds is 7. The molecular weight excluding hydrogens is 298 g/mol. The van der Waals surface area contributed by atoms with Crippen molar-refractivity contribution >= 4 is 23.5 Å². The Hall–Kier alpha value is -2.63. The van der Waals surface area contributed by atoms with E-state index in [0.29, 0.717) is 5.69 Å². The van der Waals surface area contributed by atoms with Gasteiger partial charge in [-0.25, -0.2) is 9.59 Å². The standard InChI is InChI=1S/C17H21NO5/c1-4-10-14(19)18(13-11-8-7-9-12-13)15(16(20)22-5-2)17(21)23-6-3/h4,7-12,15H,5-6H2,1-3H3/b10-4-. The molecule has 0 saturated heterocycles. The third kappa shape index (κ3) is 4.95. The maximum Gasteiger partial charge on any atom is 0.341 e. The molecule has 1 aromatic carbocycles. The SMILES string of the molecule is C/C=C\C(=O)N(c1ccccc1)C(C(=O)OCC)C(=O)OCC. The minimum atomic E-state index is -1.49. The quantitative estimate of drug-likeness (QED) is 0.437. The topological polar surface area (TPSA) is 72.9 Å². The van der Waals surface area contributed by atoms with Crippen LogP contribution in [0.15, 0.2) is 42.5 Å². The van der Waals surface area contributed by atoms with Crippen LogP contribution in [0.3, 0.4) is 0 Å². The predicted molar refractivity (Wildman–Crippen MR) is 85.8 cm³/mol. The summed E-state index contributed by atoms with van der Waals surface area (Å²) < 4.78 is 9.89. The van der Waals surface area contributed by atoms with Crippen molar-refractivity contribution in [3.05, 3.63) is 42.5 Å². The summed E-state index contributed by atoms with van der Waals surface area (Å²) in [4.78, 5) is 38.0. The molecule has 0 aliphatic heterocycles. The predicted octanol–water partition coefficient (Wildman–Crippen LogP) is 2.09. The Morgan fingerprint density at radius 2 is 1.57 bits per heavy atom. The van der Waals surface area contributed by atoms with E-state index in [1.54, 1.807) is 51.1 Å². The monoisotopic (exact) mass is 319 g/mol. The molecule has 0 spiro atoms. The molecule has 6 heteroatoms. The molecular formula is C17H21NO5. The molecule has 0 saturated carbocycles. The van der Waals surface area contributed by atoms with Crippen molar-refractivity contribution in [3.63, 3.8) is 0 Å². The molecule has 0 radical (unpaired) electrons. The van der Waals surface area contributed by atoms with Gasteiger partial charge in [-0.15, -0.1) is 0 Å². The van der Waals surface area contributed by atoms with Crippen molar-refractivity contribution in [2.45, 2.75) is 26.8 Å². The van der Waals surface area contributed by atoms with Crippen LogP contribution in [0, 0.1) is 0 Å². The molecule has 1 rings (SSSR count). The normalized spacial score (nSPS) is 10.6. The highest BCUT2D eigenvalue weighted by molar-refractivity contribution is 6.13. The van der Waals surface area contributed by atoms with Crippen LogP contribution in [-0.4, -0.2) is 37.1 Å². The zero-order chi connectivity index (χ0) is 17.2. The molecule has 0 heterocycles. The number of benzene rings is 1. The summed E-state index contributed by atoms with van der Waals surface area (Å²) in [6.45, 7) is 5.11. The fraction of sp³-hybridized carbons (Fsp3) is 0.353. The lowest BCUT2D eigenvalue weighted by Gasteiger charge is -2.27. The Morgan fingerprint density at radius 3 is 2.00 bits per heavy atom. The van der Waals surface area contributed by atoms with Gasteiger partial charge in [0.2, 0.25) is 6.04 Å². The average molecular weight is 319 g/mol. The number of anilines is 1. The van der Waals surface area contributed by atoms with E-state index in [0.717, 1.165) is 4.90 Å². The summed E-state index contributed by atoms with van der Waals surface area (Å²) in [5.41, 5.74) is 0.404. The van der Waals surface area contributed by atoms with Crippen molar-refractivity contribution in [1.82, 2.24) is 0 Å². The minimum absolute atomic E-state index is 0.0924. The summed E-state index contributed by atoms with van der Waals surface area (Å²) in [7, 11) is 0. The van der Waals surface area contributed by atoms with Gasteiger partial charge in [0, 0.05) is 5.69 Å². The molecule has 0 aliphatic rings. The summed E-state index contributed by atoms with van der Waals surface area (Å²) >= 11 is 0. The second-order valence-corrected chi connectivity index (χ2v) is 4.45. The molecule has 0 aromatic heterocycles. The lowest BCUT2D eigenvalue weighted by Crippen LogP contribution is -2.51. The van der Waals surface area contributed by atoms with Crippen LogP contribution < -0.4 is 4.90 Å². The highest BCUT2D eigenvalue weighted by Gasteiger charge is 2.38. The van der Waals surface area contributed by atoms with Crippen LogP contribution in [0.4, 0.5) is 5.69 Å². The molecule has 0 fully saturated rings. The number of allylic oxidation sites excluding steroid dienone is 1. The van der Waals surface area contributed by atoms with E-state index in [2.05, 4.69) is 0 Å². The van der Waals surface area contributed by atoms with Crippen molar-refractivity contribution in [2.24, 2.45) is 0 Å². The van der Waals surface area contributed by atoms with Crippen LogP contribution in [-0.2, 0) is 23.9 Å². The van der Waals surface area contributed by atoms with Gasteiger partial charge in [-0.3, -0.25) is 9.69 Å². The van der Waals surface area contributed by atoms with E-state index in [1.807, 2.05) is 0 Å². The number of amides is 1. The van der Waals surface area contributed by atoms with E-state index in [9.17, 15) is 14.4 Å². The first-order valence-corrected chi connectivity index (χ1v) is 7.40. The molecule has 1 amide bonds. The zero-order valence-electron chi connectivity index (χ0n) is 13.5. The lowest BCUT2D eigenvalue weighted by atomic mass is 10.2. The third-order valence-corrected chi connectivity index (χ3v) is 2.86. The number of hydrogen-bond acceptors (Lipinski definition) is 5. The summed E-state index contributed by atoms with van der Waals surface area (Å²) in [5, 5.41) is 0. The van der Waals surface area contributed by atoms with E-state index in [1.165, 1.54) is 12.2 Å². The van der Waals surface area contributed by atoms with Crippen molar-refractivity contribution in [1.29, 1.82) is 0 Å². The largest absolute Gasteiger partial charge is 0.464 e. The average Bonchev–Trinajstić information content (AvgIpc) is 2.53. The fourth-order valence-electron chi connectivity index (χ4n) is 1.96. The second-order valence-electron chi connectivity index (χ2n) is 4.45. The van der Waals surface area contributed by atoms with Gasteiger partial charge >= 0.3 is 11.9 Å². The molecule has 0 bridgehead atoms. The zero-order valence-corrected chi connectivity index (χ0v) is 13.5. The maximum absolute atomic E-state index is 12.4. The first-order valence-electron chi connectivity index (χ1n) is 7.40. The fourth-order valence-corrected chi connectivity index (χ4v) is 1.96. The molecule has 0 unspecified atom stereocenters. The number of nitrogens with zero attached hydrogens (tertiary/aromatic N) is 1. The van der Waals surface area contributed by atoms with Crippen molar-refractivity contribution in [3.8, 4) is 0 Å². The molecule has 0 aliphatic carbocycles. The highest BCUT2D eigenvalue weighted by atomic mass is 16.6. The van der Waals surface area contributed by atoms with Gasteiger partial charge in [-0.2, -0.15) is 0 Å². The molecule has 23 heavy (non-hydrogen) atoms. The molecule has 0 atom stereocenters. The van der Waals surface area contributed by atoms with Gasteiger partial charge < -0.3 is 9.47 Å². The van der Waals surface area contributed by atoms with Gasteiger partial charge in [0.15, 0.2) is 0 Å². The lowest BCUT2D eigenvalue weighted by molar-refractivity contribution is -0.157. The summed E-state index contributed by atoms with van der Waals surface area (Å²) in [6, 6.07) is 6.96. The van der Waals surface area contributed by atoms with Crippen LogP contribution >= 0.6 is 0 Å². The Labute approximate surface area is 135 Å². The highest BCUT2D eigenvalue weighted by Crippen LogP contribution is 2.19. The first-order chi connectivity index (χ1) is 11.1. The number of hydrogen-bond donors (Lipinski definition) is 0. The minimum Gasteiger partial charge on any atom is -0.464 e. The van der Waals surface area contributed by atoms with E-state index >= 15 is 0 Å². The first kappa shape index (κ1) is 18.4. The smallest absolute Gasteiger partial charge is 0.341 e. The number of carbonyl (C=O) groups excluding carboxylic acids is 3. The summed E-state index contributed by atoms with van der Waals surface area (Å²) in [6.07, 6.45) is 2.81. The van der Waals surface area contributed by atoms with Crippen LogP contribution in [0.1, 0.15) is 20.8 Å². The maximum atomic E-state index is 12.4. The molecule has 124 valence electrons. The summed E-state index contributed by atoms with van der Waals surface area (Å²) in [5.74, 6) is -2.16. The number of para-hydroxylation sites is 1. The van der Waals surface area contributed by atoms with Crippen molar-refractivity contribution in [2.75, 3.05) is 18.1 Å².